The third kappa shape index (κ3) is 3.33. The monoisotopic (exact) mass is 256 g/mol. The number of Topliss-reactive ketones (excluding diaryl/α,β-unsaturated/α-hetero) is 1. The first-order valence-corrected chi connectivity index (χ1v) is 5.58. The van der Waals surface area contributed by atoms with Gasteiger partial charge in [-0.2, -0.15) is 0 Å². The van der Waals surface area contributed by atoms with Gasteiger partial charge in [-0.25, -0.2) is 0 Å². The van der Waals surface area contributed by atoms with E-state index in [1.807, 2.05) is 11.4 Å². The van der Waals surface area contributed by atoms with Crippen molar-refractivity contribution in [3.63, 3.8) is 0 Å². The maximum Gasteiger partial charge on any atom is 0.173 e. The van der Waals surface area contributed by atoms with Gasteiger partial charge in [-0.05, 0) is 28.9 Å². The van der Waals surface area contributed by atoms with Crippen LogP contribution in [0.3, 0.4) is 0 Å². The molecule has 1 nitrogen and oxygen atoms in total. The van der Waals surface area contributed by atoms with Crippen LogP contribution in [0.4, 0.5) is 0 Å². The molecule has 0 atom stereocenters. The van der Waals surface area contributed by atoms with E-state index in [9.17, 15) is 4.79 Å². The lowest BCUT2D eigenvalue weighted by atomic mass is 10.2. The molecule has 68 valence electrons. The Kier molecular flexibility index (Phi) is 4.20. The Morgan fingerprint density at radius 2 is 2.46 bits per heavy atom. The summed E-state index contributed by atoms with van der Waals surface area (Å²) in [5.41, 5.74) is 0. The average Bonchev–Trinajstić information content (AvgIpc) is 2.52. The summed E-state index contributed by atoms with van der Waals surface area (Å²) in [5, 5.41) is 1.92. The van der Waals surface area contributed by atoms with Crippen LogP contribution in [0, 0.1) is 11.8 Å². The number of hydrogen-bond donors (Lipinski definition) is 0. The minimum atomic E-state index is 0.179. The second-order valence-electron chi connectivity index (χ2n) is 2.48. The van der Waals surface area contributed by atoms with Gasteiger partial charge in [0.05, 0.1) is 4.88 Å². The van der Waals surface area contributed by atoms with Crippen molar-refractivity contribution >= 4 is 33.0 Å². The summed E-state index contributed by atoms with van der Waals surface area (Å²) in [5.74, 6) is 5.83. The van der Waals surface area contributed by atoms with E-state index in [1.165, 1.54) is 11.3 Å². The predicted molar refractivity (Wildman–Crippen MR) is 59.0 cm³/mol. The van der Waals surface area contributed by atoms with Gasteiger partial charge >= 0.3 is 0 Å². The molecule has 0 aliphatic carbocycles. The largest absolute Gasteiger partial charge is 0.293 e. The van der Waals surface area contributed by atoms with Crippen LogP contribution >= 0.6 is 27.3 Å². The van der Waals surface area contributed by atoms with Gasteiger partial charge in [0.1, 0.15) is 0 Å². The average molecular weight is 257 g/mol. The minimum absolute atomic E-state index is 0.179. The van der Waals surface area contributed by atoms with Gasteiger partial charge in [-0.1, -0.05) is 0 Å². The van der Waals surface area contributed by atoms with Gasteiger partial charge in [-0.3, -0.25) is 4.79 Å². The van der Waals surface area contributed by atoms with E-state index < -0.39 is 0 Å². The smallest absolute Gasteiger partial charge is 0.173 e. The molecule has 0 spiro atoms. The standard InChI is InChI=1S/C10H9BrOS/c1-2-3-4-5-9(12)10-6-8(11)7-13-10/h6-7H,4-5H2,1H3. The molecule has 0 saturated carbocycles. The van der Waals surface area contributed by atoms with Crippen LogP contribution in [-0.4, -0.2) is 5.78 Å². The number of hydrogen-bond acceptors (Lipinski definition) is 2. The normalized spacial score (nSPS) is 9.08. The molecule has 0 N–H and O–H groups in total. The molecule has 0 unspecified atom stereocenters. The van der Waals surface area contributed by atoms with Crippen molar-refractivity contribution in [3.05, 3.63) is 20.8 Å². The van der Waals surface area contributed by atoms with Crippen LogP contribution in [0.1, 0.15) is 29.4 Å². The van der Waals surface area contributed by atoms with Crippen LogP contribution in [0.5, 0.6) is 0 Å². The highest BCUT2D eigenvalue weighted by Gasteiger charge is 2.06. The number of thiophene rings is 1. The second-order valence-corrected chi connectivity index (χ2v) is 4.31. The highest BCUT2D eigenvalue weighted by molar-refractivity contribution is 9.10. The van der Waals surface area contributed by atoms with Crippen LogP contribution in [0.2, 0.25) is 0 Å². The van der Waals surface area contributed by atoms with E-state index in [2.05, 4.69) is 27.8 Å². The molecular weight excluding hydrogens is 248 g/mol. The molecule has 0 radical (unpaired) electrons. The van der Waals surface area contributed by atoms with Crippen molar-refractivity contribution in [2.24, 2.45) is 0 Å². The lowest BCUT2D eigenvalue weighted by Gasteiger charge is -1.91. The fraction of sp³-hybridized carbons (Fsp3) is 0.300. The van der Waals surface area contributed by atoms with Crippen molar-refractivity contribution in [2.45, 2.75) is 19.8 Å². The van der Waals surface area contributed by atoms with Crippen molar-refractivity contribution < 1.29 is 4.79 Å². The summed E-state index contributed by atoms with van der Waals surface area (Å²) in [6.45, 7) is 1.78. The van der Waals surface area contributed by atoms with E-state index in [1.54, 1.807) is 6.92 Å². The van der Waals surface area contributed by atoms with Crippen molar-refractivity contribution in [1.82, 2.24) is 0 Å². The minimum Gasteiger partial charge on any atom is -0.293 e. The third-order valence-corrected chi connectivity index (χ3v) is 3.23. The van der Waals surface area contributed by atoms with Crippen LogP contribution in [0.25, 0.3) is 0 Å². The van der Waals surface area contributed by atoms with Crippen molar-refractivity contribution in [2.75, 3.05) is 0 Å². The van der Waals surface area contributed by atoms with Gasteiger partial charge in [0.25, 0.3) is 0 Å². The zero-order chi connectivity index (χ0) is 9.68. The van der Waals surface area contributed by atoms with Crippen LogP contribution < -0.4 is 0 Å². The van der Waals surface area contributed by atoms with Gasteiger partial charge in [0.15, 0.2) is 5.78 Å². The van der Waals surface area contributed by atoms with E-state index in [-0.39, 0.29) is 5.78 Å². The molecule has 0 aliphatic heterocycles. The Morgan fingerprint density at radius 1 is 1.69 bits per heavy atom. The Bertz CT molecular complexity index is 356. The molecule has 0 aromatic carbocycles. The zero-order valence-electron chi connectivity index (χ0n) is 7.26. The Balaban J connectivity index is 2.52. The molecule has 0 amide bonds. The molecular formula is C10H9BrOS. The fourth-order valence-electron chi connectivity index (χ4n) is 0.884. The molecule has 3 heteroatoms. The number of halogens is 1. The molecule has 0 fully saturated rings. The predicted octanol–water partition coefficient (Wildman–Crippen LogP) is 3.50. The highest BCUT2D eigenvalue weighted by atomic mass is 79.9. The quantitative estimate of drug-likeness (QED) is 0.598. The SMILES string of the molecule is CC#CCCC(=O)c1cc(Br)cs1. The van der Waals surface area contributed by atoms with Gasteiger partial charge < -0.3 is 0 Å². The summed E-state index contributed by atoms with van der Waals surface area (Å²) in [4.78, 5) is 12.3. The summed E-state index contributed by atoms with van der Waals surface area (Å²) in [6, 6.07) is 1.85. The van der Waals surface area contributed by atoms with E-state index >= 15 is 0 Å². The maximum absolute atomic E-state index is 11.5. The number of ketones is 1. The molecule has 1 aromatic rings. The lowest BCUT2D eigenvalue weighted by molar-refractivity contribution is 0.0988. The van der Waals surface area contributed by atoms with Crippen LogP contribution in [-0.2, 0) is 0 Å². The zero-order valence-corrected chi connectivity index (χ0v) is 9.67. The molecule has 0 aliphatic rings. The van der Waals surface area contributed by atoms with E-state index in [0.717, 1.165) is 9.35 Å². The third-order valence-electron chi connectivity index (χ3n) is 1.50. The van der Waals surface area contributed by atoms with E-state index in [0.29, 0.717) is 12.8 Å². The Labute approximate surface area is 90.3 Å². The topological polar surface area (TPSA) is 17.1 Å². The van der Waals surface area contributed by atoms with E-state index in [4.69, 9.17) is 0 Å². The summed E-state index contributed by atoms with van der Waals surface area (Å²) >= 11 is 4.78. The first kappa shape index (κ1) is 10.5. The van der Waals surface area contributed by atoms with Gasteiger partial charge in [-0.15, -0.1) is 23.2 Å². The van der Waals surface area contributed by atoms with Crippen molar-refractivity contribution in [3.8, 4) is 11.8 Å². The second kappa shape index (κ2) is 5.21. The van der Waals surface area contributed by atoms with Gasteiger partial charge in [0, 0.05) is 22.7 Å². The Morgan fingerprint density at radius 3 is 3.00 bits per heavy atom. The first-order valence-electron chi connectivity index (χ1n) is 3.91. The Hall–Kier alpha value is -0.590. The molecule has 1 rings (SSSR count). The summed E-state index contributed by atoms with van der Waals surface area (Å²) in [7, 11) is 0. The van der Waals surface area contributed by atoms with Crippen molar-refractivity contribution in [1.29, 1.82) is 0 Å². The summed E-state index contributed by atoms with van der Waals surface area (Å²) < 4.78 is 0.974. The first-order chi connectivity index (χ1) is 6.24. The fourth-order valence-corrected chi connectivity index (χ4v) is 2.28. The molecule has 1 heterocycles. The lowest BCUT2D eigenvalue weighted by Crippen LogP contribution is -1.93. The van der Waals surface area contributed by atoms with Crippen LogP contribution in [0.15, 0.2) is 15.9 Å². The summed E-state index contributed by atoms with van der Waals surface area (Å²) in [6.07, 6.45) is 1.18. The molecule has 13 heavy (non-hydrogen) atoms. The number of rotatable bonds is 3. The number of carbonyl (C=O) groups excluding carboxylic acids is 1. The highest BCUT2D eigenvalue weighted by Crippen LogP contribution is 2.21. The molecule has 0 bridgehead atoms. The van der Waals surface area contributed by atoms with Gasteiger partial charge in [0.2, 0.25) is 0 Å². The molecule has 1 aromatic heterocycles. The number of carbonyl (C=O) groups is 1. The maximum atomic E-state index is 11.5. The molecule has 0 saturated heterocycles.